The minimum atomic E-state index is -0.297. The largest absolute Gasteiger partial charge is 0.447 e. The highest BCUT2D eigenvalue weighted by atomic mass is 16.6. The third-order valence-corrected chi connectivity index (χ3v) is 1.46. The summed E-state index contributed by atoms with van der Waals surface area (Å²) in [4.78, 5) is 10.5. The van der Waals surface area contributed by atoms with Gasteiger partial charge in [0.2, 0.25) is 0 Å². The Bertz CT molecular complexity index is 145. The average Bonchev–Trinajstić information content (AvgIpc) is 2.31. The first-order chi connectivity index (χ1) is 4.83. The molecule has 3 heteroatoms. The molecule has 1 aliphatic rings. The fourth-order valence-electron chi connectivity index (χ4n) is 0.901. The van der Waals surface area contributed by atoms with Crippen molar-refractivity contribution in [2.45, 2.75) is 18.9 Å². The van der Waals surface area contributed by atoms with Crippen LogP contribution in [-0.2, 0) is 4.74 Å². The molecule has 1 atom stereocenters. The molecule has 1 fully saturated rings. The molecule has 3 nitrogen and oxygen atoms in total. The average molecular weight is 141 g/mol. The van der Waals surface area contributed by atoms with Crippen LogP contribution >= 0.6 is 0 Å². The van der Waals surface area contributed by atoms with Crippen LogP contribution in [0.5, 0.6) is 0 Å². The van der Waals surface area contributed by atoms with E-state index in [0.29, 0.717) is 6.61 Å². The smallest absolute Gasteiger partial charge is 0.407 e. The predicted molar refractivity (Wildman–Crippen MR) is 37.7 cm³/mol. The third-order valence-electron chi connectivity index (χ3n) is 1.46. The van der Waals surface area contributed by atoms with E-state index in [2.05, 4.69) is 16.6 Å². The van der Waals surface area contributed by atoms with Crippen LogP contribution in [0.25, 0.3) is 0 Å². The Morgan fingerprint density at radius 3 is 3.20 bits per heavy atom. The van der Waals surface area contributed by atoms with Crippen LogP contribution in [0.1, 0.15) is 12.8 Å². The summed E-state index contributed by atoms with van der Waals surface area (Å²) in [7, 11) is 0. The molecule has 0 aromatic carbocycles. The third kappa shape index (κ3) is 1.76. The topological polar surface area (TPSA) is 38.3 Å². The maximum atomic E-state index is 10.5. The fourth-order valence-corrected chi connectivity index (χ4v) is 0.901. The first-order valence-electron chi connectivity index (χ1n) is 3.37. The van der Waals surface area contributed by atoms with E-state index in [1.807, 2.05) is 6.08 Å². The van der Waals surface area contributed by atoms with Crippen LogP contribution < -0.4 is 5.32 Å². The van der Waals surface area contributed by atoms with Gasteiger partial charge >= 0.3 is 6.09 Å². The van der Waals surface area contributed by atoms with E-state index >= 15 is 0 Å². The number of alkyl carbamates (subject to hydrolysis) is 1. The van der Waals surface area contributed by atoms with Crippen molar-refractivity contribution < 1.29 is 9.53 Å². The molecular formula is C7H11NO2. The zero-order valence-corrected chi connectivity index (χ0v) is 5.80. The van der Waals surface area contributed by atoms with Crippen LogP contribution in [0.3, 0.4) is 0 Å². The first kappa shape index (κ1) is 7.12. The molecule has 0 saturated carbocycles. The number of hydrogen-bond acceptors (Lipinski definition) is 2. The van der Waals surface area contributed by atoms with E-state index in [-0.39, 0.29) is 12.1 Å². The van der Waals surface area contributed by atoms with Gasteiger partial charge in [-0.3, -0.25) is 0 Å². The Morgan fingerprint density at radius 2 is 2.70 bits per heavy atom. The number of amides is 1. The Morgan fingerprint density at radius 1 is 1.90 bits per heavy atom. The van der Waals surface area contributed by atoms with Gasteiger partial charge in [-0.2, -0.15) is 0 Å². The molecule has 0 radical (unpaired) electrons. The molecule has 0 bridgehead atoms. The van der Waals surface area contributed by atoms with Crippen LogP contribution in [0.4, 0.5) is 4.79 Å². The highest BCUT2D eigenvalue weighted by Crippen LogP contribution is 2.04. The molecule has 1 heterocycles. The second-order valence-electron chi connectivity index (χ2n) is 2.31. The molecule has 10 heavy (non-hydrogen) atoms. The summed E-state index contributed by atoms with van der Waals surface area (Å²) in [5.41, 5.74) is 0. The highest BCUT2D eigenvalue weighted by molar-refractivity contribution is 5.69. The minimum Gasteiger partial charge on any atom is -0.447 e. The lowest BCUT2D eigenvalue weighted by Gasteiger charge is -2.02. The highest BCUT2D eigenvalue weighted by Gasteiger charge is 2.20. The Balaban J connectivity index is 2.18. The van der Waals surface area contributed by atoms with Gasteiger partial charge in [0.1, 0.15) is 6.61 Å². The van der Waals surface area contributed by atoms with Crippen LogP contribution in [0.2, 0.25) is 0 Å². The molecule has 1 amide bonds. The van der Waals surface area contributed by atoms with E-state index in [1.54, 1.807) is 0 Å². The van der Waals surface area contributed by atoms with Crippen LogP contribution in [0, 0.1) is 0 Å². The van der Waals surface area contributed by atoms with Gasteiger partial charge in [-0.05, 0) is 12.8 Å². The SMILES string of the molecule is C=CCC[C@@H]1COC(=O)N1. The summed E-state index contributed by atoms with van der Waals surface area (Å²) in [6.07, 6.45) is 3.39. The molecule has 1 aliphatic heterocycles. The lowest BCUT2D eigenvalue weighted by Crippen LogP contribution is -2.25. The second kappa shape index (κ2) is 3.25. The number of rotatable bonds is 3. The maximum absolute atomic E-state index is 10.5. The molecule has 0 aliphatic carbocycles. The molecule has 0 unspecified atom stereocenters. The number of carbonyl (C=O) groups is 1. The molecule has 0 spiro atoms. The summed E-state index contributed by atoms with van der Waals surface area (Å²) in [6.45, 7) is 4.09. The lowest BCUT2D eigenvalue weighted by atomic mass is 10.2. The van der Waals surface area contributed by atoms with Crippen molar-refractivity contribution in [1.82, 2.24) is 5.32 Å². The van der Waals surface area contributed by atoms with Crippen molar-refractivity contribution >= 4 is 6.09 Å². The summed E-state index contributed by atoms with van der Waals surface area (Å²) in [5, 5.41) is 2.68. The van der Waals surface area contributed by atoms with Crippen molar-refractivity contribution in [3.05, 3.63) is 12.7 Å². The van der Waals surface area contributed by atoms with Gasteiger partial charge in [-0.15, -0.1) is 6.58 Å². The van der Waals surface area contributed by atoms with Gasteiger partial charge < -0.3 is 10.1 Å². The zero-order chi connectivity index (χ0) is 7.40. The van der Waals surface area contributed by atoms with Gasteiger partial charge in [0.15, 0.2) is 0 Å². The minimum absolute atomic E-state index is 0.200. The van der Waals surface area contributed by atoms with E-state index in [4.69, 9.17) is 0 Å². The van der Waals surface area contributed by atoms with Gasteiger partial charge in [0.05, 0.1) is 6.04 Å². The van der Waals surface area contributed by atoms with E-state index in [0.717, 1.165) is 12.8 Å². The summed E-state index contributed by atoms with van der Waals surface area (Å²) < 4.78 is 4.68. The lowest BCUT2D eigenvalue weighted by molar-refractivity contribution is 0.176. The molecule has 1 N–H and O–H groups in total. The number of nitrogens with one attached hydrogen (secondary N) is 1. The summed E-state index contributed by atoms with van der Waals surface area (Å²) >= 11 is 0. The Labute approximate surface area is 60.1 Å². The van der Waals surface area contributed by atoms with Gasteiger partial charge in [-0.1, -0.05) is 6.08 Å². The quantitative estimate of drug-likeness (QED) is 0.597. The van der Waals surface area contributed by atoms with E-state index in [1.165, 1.54) is 0 Å². The standard InChI is InChI=1S/C7H11NO2/c1-2-3-4-6-5-10-7(9)8-6/h2,6H,1,3-5H2,(H,8,9)/t6-/m1/s1. The van der Waals surface area contributed by atoms with Crippen LogP contribution in [0.15, 0.2) is 12.7 Å². The molecular weight excluding hydrogens is 130 g/mol. The Kier molecular flexibility index (Phi) is 2.31. The number of cyclic esters (lactones) is 1. The molecule has 0 aromatic heterocycles. The summed E-state index contributed by atoms with van der Waals surface area (Å²) in [6, 6.07) is 0.200. The predicted octanol–water partition coefficient (Wildman–Crippen LogP) is 1.06. The van der Waals surface area contributed by atoms with E-state index < -0.39 is 0 Å². The Hall–Kier alpha value is -0.990. The van der Waals surface area contributed by atoms with E-state index in [9.17, 15) is 4.79 Å². The van der Waals surface area contributed by atoms with Crippen LogP contribution in [-0.4, -0.2) is 18.7 Å². The fraction of sp³-hybridized carbons (Fsp3) is 0.571. The summed E-state index contributed by atoms with van der Waals surface area (Å²) in [5.74, 6) is 0. The van der Waals surface area contributed by atoms with Gasteiger partial charge in [0.25, 0.3) is 0 Å². The van der Waals surface area contributed by atoms with Crippen molar-refractivity contribution in [1.29, 1.82) is 0 Å². The van der Waals surface area contributed by atoms with Crippen molar-refractivity contribution in [2.75, 3.05) is 6.61 Å². The van der Waals surface area contributed by atoms with Crippen molar-refractivity contribution in [3.8, 4) is 0 Å². The molecule has 0 aromatic rings. The number of allylic oxidation sites excluding steroid dienone is 1. The molecule has 1 rings (SSSR count). The van der Waals surface area contributed by atoms with Crippen molar-refractivity contribution in [2.24, 2.45) is 0 Å². The number of ether oxygens (including phenoxy) is 1. The first-order valence-corrected chi connectivity index (χ1v) is 3.37. The normalized spacial score (nSPS) is 23.6. The molecule has 56 valence electrons. The van der Waals surface area contributed by atoms with Gasteiger partial charge in [-0.25, -0.2) is 4.79 Å². The number of hydrogen-bond donors (Lipinski definition) is 1. The maximum Gasteiger partial charge on any atom is 0.407 e. The second-order valence-corrected chi connectivity index (χ2v) is 2.31. The van der Waals surface area contributed by atoms with Gasteiger partial charge in [0, 0.05) is 0 Å². The zero-order valence-electron chi connectivity index (χ0n) is 5.80. The monoisotopic (exact) mass is 141 g/mol. The molecule has 1 saturated heterocycles. The van der Waals surface area contributed by atoms with Crippen molar-refractivity contribution in [3.63, 3.8) is 0 Å². The number of carbonyl (C=O) groups excluding carboxylic acids is 1.